The highest BCUT2D eigenvalue weighted by molar-refractivity contribution is 5.89. The predicted molar refractivity (Wildman–Crippen MR) is 51.2 cm³/mol. The zero-order valence-electron chi connectivity index (χ0n) is 8.47. The lowest BCUT2D eigenvalue weighted by atomic mass is 9.99. The van der Waals surface area contributed by atoms with Crippen LogP contribution in [0, 0.1) is 0 Å². The van der Waals surface area contributed by atoms with Crippen molar-refractivity contribution in [2.24, 2.45) is 0 Å². The molecule has 1 aliphatic rings. The van der Waals surface area contributed by atoms with Gasteiger partial charge in [-0.05, 0) is 12.2 Å². The Bertz CT molecular complexity index is 329. The monoisotopic (exact) mass is 212 g/mol. The van der Waals surface area contributed by atoms with Gasteiger partial charge in [-0.3, -0.25) is 4.79 Å². The van der Waals surface area contributed by atoms with Crippen molar-refractivity contribution in [1.82, 2.24) is 0 Å². The summed E-state index contributed by atoms with van der Waals surface area (Å²) < 4.78 is 9.92. The third-order valence-corrected chi connectivity index (χ3v) is 1.98. The maximum Gasteiger partial charge on any atom is 0.334 e. The molecule has 15 heavy (non-hydrogen) atoms. The largest absolute Gasteiger partial charge is 0.478 e. The Morgan fingerprint density at radius 3 is 2.60 bits per heavy atom. The molecule has 0 aromatic rings. The fourth-order valence-corrected chi connectivity index (χ4v) is 1.39. The van der Waals surface area contributed by atoms with E-state index in [1.165, 1.54) is 26.2 Å². The molecule has 1 N–H and O–H groups in total. The summed E-state index contributed by atoms with van der Waals surface area (Å²) in [6.45, 7) is 1.26. The van der Waals surface area contributed by atoms with E-state index in [2.05, 4.69) is 0 Å². The van der Waals surface area contributed by atoms with Crippen molar-refractivity contribution in [3.63, 3.8) is 0 Å². The number of carboxylic acid groups (broad SMARTS) is 1. The van der Waals surface area contributed by atoms with Gasteiger partial charge in [0.25, 0.3) is 0 Å². The van der Waals surface area contributed by atoms with Crippen LogP contribution in [-0.2, 0) is 19.1 Å². The molecule has 0 bridgehead atoms. The van der Waals surface area contributed by atoms with Gasteiger partial charge in [-0.1, -0.05) is 6.08 Å². The molecular formula is C10H12O5. The molecule has 0 aliphatic heterocycles. The summed E-state index contributed by atoms with van der Waals surface area (Å²) in [4.78, 5) is 21.6. The van der Waals surface area contributed by atoms with Crippen LogP contribution in [0.1, 0.15) is 6.92 Å². The second kappa shape index (κ2) is 4.75. The number of hydrogen-bond donors (Lipinski definition) is 1. The minimum absolute atomic E-state index is 0.0752. The average molecular weight is 212 g/mol. The molecule has 5 heteroatoms. The molecule has 0 spiro atoms. The number of carbonyl (C=O) groups excluding carboxylic acids is 1. The van der Waals surface area contributed by atoms with E-state index in [1.54, 1.807) is 6.08 Å². The number of methoxy groups -OCH3 is 1. The quantitative estimate of drug-likeness (QED) is 0.690. The molecule has 1 aliphatic carbocycles. The summed E-state index contributed by atoms with van der Waals surface area (Å²) in [7, 11) is 1.37. The van der Waals surface area contributed by atoms with Gasteiger partial charge in [-0.15, -0.1) is 0 Å². The number of ether oxygens (including phenoxy) is 2. The Hall–Kier alpha value is -1.62. The number of hydrogen-bond acceptors (Lipinski definition) is 4. The molecule has 1 rings (SSSR count). The van der Waals surface area contributed by atoms with Crippen molar-refractivity contribution in [3.05, 3.63) is 23.8 Å². The number of esters is 1. The summed E-state index contributed by atoms with van der Waals surface area (Å²) >= 11 is 0. The fraction of sp³-hybridized carbons (Fsp3) is 0.400. The summed E-state index contributed by atoms with van der Waals surface area (Å²) in [5, 5.41) is 8.87. The molecule has 0 fully saturated rings. The molecule has 0 radical (unpaired) electrons. The van der Waals surface area contributed by atoms with Gasteiger partial charge in [0.05, 0.1) is 5.57 Å². The lowest BCUT2D eigenvalue weighted by Gasteiger charge is -2.25. The van der Waals surface area contributed by atoms with Crippen LogP contribution in [-0.4, -0.2) is 36.4 Å². The topological polar surface area (TPSA) is 72.8 Å². The predicted octanol–water partition coefficient (Wildman–Crippen LogP) is 0.514. The van der Waals surface area contributed by atoms with Crippen LogP contribution in [0.5, 0.6) is 0 Å². The van der Waals surface area contributed by atoms with Crippen LogP contribution in [0.4, 0.5) is 0 Å². The van der Waals surface area contributed by atoms with Gasteiger partial charge in [0, 0.05) is 14.0 Å². The summed E-state index contributed by atoms with van der Waals surface area (Å²) in [5.41, 5.74) is 0.0752. The van der Waals surface area contributed by atoms with Crippen LogP contribution >= 0.6 is 0 Å². The maximum atomic E-state index is 10.8. The van der Waals surface area contributed by atoms with Crippen LogP contribution in [0.3, 0.4) is 0 Å². The van der Waals surface area contributed by atoms with Gasteiger partial charge in [0.1, 0.15) is 6.10 Å². The normalized spacial score (nSPS) is 24.5. The molecule has 82 valence electrons. The summed E-state index contributed by atoms with van der Waals surface area (Å²) in [6.07, 6.45) is 3.12. The van der Waals surface area contributed by atoms with E-state index in [4.69, 9.17) is 14.6 Å². The second-order valence-corrected chi connectivity index (χ2v) is 3.04. The molecule has 2 atom stereocenters. The van der Waals surface area contributed by atoms with Gasteiger partial charge in [0.2, 0.25) is 0 Å². The molecule has 0 aromatic carbocycles. The van der Waals surface area contributed by atoms with E-state index < -0.39 is 24.1 Å². The van der Waals surface area contributed by atoms with Crippen molar-refractivity contribution < 1.29 is 24.2 Å². The average Bonchev–Trinajstić information content (AvgIpc) is 2.16. The smallest absolute Gasteiger partial charge is 0.334 e. The molecular weight excluding hydrogens is 200 g/mol. The second-order valence-electron chi connectivity index (χ2n) is 3.04. The Morgan fingerprint density at radius 1 is 1.47 bits per heavy atom. The molecule has 0 amide bonds. The summed E-state index contributed by atoms with van der Waals surface area (Å²) in [6, 6.07) is 0. The van der Waals surface area contributed by atoms with Crippen LogP contribution in [0.15, 0.2) is 23.8 Å². The van der Waals surface area contributed by atoms with Crippen molar-refractivity contribution in [3.8, 4) is 0 Å². The number of carboxylic acids is 1. The zero-order chi connectivity index (χ0) is 11.4. The molecule has 0 aromatic heterocycles. The van der Waals surface area contributed by atoms with Crippen molar-refractivity contribution in [2.45, 2.75) is 19.1 Å². The first-order chi connectivity index (χ1) is 7.06. The molecule has 0 heterocycles. The van der Waals surface area contributed by atoms with Gasteiger partial charge in [-0.2, -0.15) is 0 Å². The third-order valence-electron chi connectivity index (χ3n) is 1.98. The first-order valence-corrected chi connectivity index (χ1v) is 4.38. The Labute approximate surface area is 87.0 Å². The minimum Gasteiger partial charge on any atom is -0.478 e. The fourth-order valence-electron chi connectivity index (χ4n) is 1.39. The number of rotatable bonds is 3. The number of carbonyl (C=O) groups is 2. The number of aliphatic carboxylic acids is 1. The highest BCUT2D eigenvalue weighted by Crippen LogP contribution is 2.19. The first kappa shape index (κ1) is 11.5. The molecule has 0 saturated carbocycles. The minimum atomic E-state index is -1.08. The number of allylic oxidation sites excluding steroid dienone is 2. The maximum absolute atomic E-state index is 10.8. The third kappa shape index (κ3) is 2.66. The molecule has 0 unspecified atom stereocenters. The summed E-state index contributed by atoms with van der Waals surface area (Å²) in [5.74, 6) is -1.55. The van der Waals surface area contributed by atoms with E-state index in [0.29, 0.717) is 0 Å². The van der Waals surface area contributed by atoms with Crippen LogP contribution < -0.4 is 0 Å². The first-order valence-electron chi connectivity index (χ1n) is 4.38. The van der Waals surface area contributed by atoms with E-state index in [1.807, 2.05) is 0 Å². The lowest BCUT2D eigenvalue weighted by molar-refractivity contribution is -0.150. The van der Waals surface area contributed by atoms with Crippen molar-refractivity contribution in [2.75, 3.05) is 7.11 Å². The van der Waals surface area contributed by atoms with E-state index in [-0.39, 0.29) is 5.57 Å². The van der Waals surface area contributed by atoms with E-state index in [9.17, 15) is 9.59 Å². The van der Waals surface area contributed by atoms with Crippen LogP contribution in [0.25, 0.3) is 0 Å². The standard InChI is InChI=1S/C10H12O5/c1-6(11)15-8-5-3-4-7(10(12)13)9(8)14-2/h3-5,8-9H,1-2H3,(H,12,13)/t8-,9-/m1/s1. The van der Waals surface area contributed by atoms with Gasteiger partial charge < -0.3 is 14.6 Å². The van der Waals surface area contributed by atoms with E-state index in [0.717, 1.165) is 0 Å². The molecule has 0 saturated heterocycles. The van der Waals surface area contributed by atoms with Gasteiger partial charge in [-0.25, -0.2) is 4.79 Å². The Kier molecular flexibility index (Phi) is 3.62. The highest BCUT2D eigenvalue weighted by Gasteiger charge is 2.31. The van der Waals surface area contributed by atoms with Crippen molar-refractivity contribution in [1.29, 1.82) is 0 Å². The van der Waals surface area contributed by atoms with Gasteiger partial charge >= 0.3 is 11.9 Å². The SMILES string of the molecule is CO[C@@H]1C(C(=O)O)=CC=C[C@H]1OC(C)=O. The van der Waals surface area contributed by atoms with E-state index >= 15 is 0 Å². The molecule has 5 nitrogen and oxygen atoms in total. The highest BCUT2D eigenvalue weighted by atomic mass is 16.6. The Morgan fingerprint density at radius 2 is 2.13 bits per heavy atom. The van der Waals surface area contributed by atoms with Gasteiger partial charge in [0.15, 0.2) is 6.10 Å². The zero-order valence-corrected chi connectivity index (χ0v) is 8.47. The van der Waals surface area contributed by atoms with Crippen molar-refractivity contribution >= 4 is 11.9 Å². The Balaban J connectivity index is 2.86. The lowest BCUT2D eigenvalue weighted by Crippen LogP contribution is -2.36. The van der Waals surface area contributed by atoms with Crippen LogP contribution in [0.2, 0.25) is 0 Å².